The zero-order chi connectivity index (χ0) is 19.6. The molecule has 0 atom stereocenters. The van der Waals surface area contributed by atoms with Crippen molar-refractivity contribution in [2.45, 2.75) is 51.9 Å². The van der Waals surface area contributed by atoms with E-state index in [2.05, 4.69) is 44.2 Å². The second kappa shape index (κ2) is 8.47. The minimum Gasteiger partial charge on any atom is -0.372 e. The van der Waals surface area contributed by atoms with Gasteiger partial charge in [-0.05, 0) is 107 Å². The van der Waals surface area contributed by atoms with E-state index in [1.54, 1.807) is 0 Å². The van der Waals surface area contributed by atoms with E-state index in [4.69, 9.17) is 4.52 Å². The van der Waals surface area contributed by atoms with Gasteiger partial charge in [-0.2, -0.15) is 4.98 Å². The Morgan fingerprint density at radius 1 is 0.862 bits per heavy atom. The fourth-order valence-electron chi connectivity index (χ4n) is 5.20. The normalized spacial score (nSPS) is 22.3. The zero-order valence-electron chi connectivity index (χ0n) is 17.7. The molecule has 1 saturated carbocycles. The molecular weight excluding hydrogens is 360 g/mol. The summed E-state index contributed by atoms with van der Waals surface area (Å²) in [5.41, 5.74) is 2.31. The molecule has 0 amide bonds. The van der Waals surface area contributed by atoms with Gasteiger partial charge < -0.3 is 14.3 Å². The average Bonchev–Trinajstić information content (AvgIpc) is 3.47. The van der Waals surface area contributed by atoms with Gasteiger partial charge in [0.05, 0.1) is 0 Å². The minimum absolute atomic E-state index is 0.607. The summed E-state index contributed by atoms with van der Waals surface area (Å²) in [7, 11) is 0. The van der Waals surface area contributed by atoms with Gasteiger partial charge in [0, 0.05) is 30.9 Å². The lowest BCUT2D eigenvalue weighted by molar-refractivity contribution is 0.156. The van der Waals surface area contributed by atoms with Gasteiger partial charge in [0.15, 0.2) is 5.82 Å². The van der Waals surface area contributed by atoms with Crippen LogP contribution >= 0.6 is 0 Å². The van der Waals surface area contributed by atoms with Crippen molar-refractivity contribution in [1.82, 2.24) is 15.0 Å². The topological polar surface area (TPSA) is 45.4 Å². The Morgan fingerprint density at radius 2 is 1.52 bits per heavy atom. The molecule has 5 nitrogen and oxygen atoms in total. The largest absolute Gasteiger partial charge is 0.372 e. The molecule has 3 heterocycles. The first kappa shape index (κ1) is 19.1. The first-order chi connectivity index (χ1) is 14.2. The van der Waals surface area contributed by atoms with Crippen molar-refractivity contribution in [3.05, 3.63) is 30.1 Å². The zero-order valence-corrected chi connectivity index (χ0v) is 17.7. The van der Waals surface area contributed by atoms with E-state index in [0.29, 0.717) is 11.7 Å². The van der Waals surface area contributed by atoms with Crippen molar-refractivity contribution in [3.8, 4) is 11.5 Å². The lowest BCUT2D eigenvalue weighted by Crippen LogP contribution is -2.37. The van der Waals surface area contributed by atoms with Crippen molar-refractivity contribution >= 4 is 5.69 Å². The summed E-state index contributed by atoms with van der Waals surface area (Å²) in [5.74, 6) is 4.22. The molecule has 156 valence electrons. The molecular formula is C24H34N4O. The SMILES string of the molecule is Cc1noc(-c2ccc(N3CCC(CC4CCN(CC5CC5)CC4)CC3)cc2)n1. The molecule has 5 heteroatoms. The minimum atomic E-state index is 0.607. The maximum Gasteiger partial charge on any atom is 0.257 e. The highest BCUT2D eigenvalue weighted by Gasteiger charge is 2.29. The Morgan fingerprint density at radius 3 is 2.10 bits per heavy atom. The third-order valence-corrected chi connectivity index (χ3v) is 7.21. The molecule has 29 heavy (non-hydrogen) atoms. The molecule has 3 aliphatic rings. The van der Waals surface area contributed by atoms with Crippen LogP contribution in [-0.2, 0) is 0 Å². The van der Waals surface area contributed by atoms with E-state index in [9.17, 15) is 0 Å². The van der Waals surface area contributed by atoms with Crippen molar-refractivity contribution in [2.24, 2.45) is 17.8 Å². The Bertz CT molecular complexity index is 781. The number of anilines is 1. The standard InChI is InChI=1S/C24H34N4O/c1-18-25-24(29-26-18)22-4-6-23(7-5-22)28-14-10-20(11-15-28)16-19-8-12-27(13-9-19)17-21-2-3-21/h4-7,19-21H,2-3,8-17H2,1H3. The first-order valence-corrected chi connectivity index (χ1v) is 11.6. The highest BCUT2D eigenvalue weighted by molar-refractivity contribution is 5.59. The van der Waals surface area contributed by atoms with E-state index in [1.165, 1.54) is 83.4 Å². The van der Waals surface area contributed by atoms with E-state index in [1.807, 2.05) is 6.92 Å². The van der Waals surface area contributed by atoms with Crippen LogP contribution < -0.4 is 4.90 Å². The number of hydrogen-bond donors (Lipinski definition) is 0. The molecule has 2 saturated heterocycles. The molecule has 0 N–H and O–H groups in total. The fraction of sp³-hybridized carbons (Fsp3) is 0.667. The van der Waals surface area contributed by atoms with Crippen molar-refractivity contribution in [2.75, 3.05) is 37.6 Å². The van der Waals surface area contributed by atoms with Gasteiger partial charge in [-0.25, -0.2) is 0 Å². The Hall–Kier alpha value is -1.88. The van der Waals surface area contributed by atoms with Crippen LogP contribution in [0.5, 0.6) is 0 Å². The molecule has 5 rings (SSSR count). The first-order valence-electron chi connectivity index (χ1n) is 11.6. The van der Waals surface area contributed by atoms with Gasteiger partial charge in [-0.3, -0.25) is 0 Å². The lowest BCUT2D eigenvalue weighted by atomic mass is 9.82. The van der Waals surface area contributed by atoms with Crippen LogP contribution in [-0.4, -0.2) is 47.8 Å². The van der Waals surface area contributed by atoms with Crippen LogP contribution in [0, 0.1) is 24.7 Å². The number of nitrogens with zero attached hydrogens (tertiary/aromatic N) is 4. The highest BCUT2D eigenvalue weighted by atomic mass is 16.5. The molecule has 0 radical (unpaired) electrons. The summed E-state index contributed by atoms with van der Waals surface area (Å²) >= 11 is 0. The van der Waals surface area contributed by atoms with E-state index in [0.717, 1.165) is 23.3 Å². The summed E-state index contributed by atoms with van der Waals surface area (Å²) in [6.45, 7) is 8.31. The van der Waals surface area contributed by atoms with Gasteiger partial charge in [0.1, 0.15) is 0 Å². The quantitative estimate of drug-likeness (QED) is 0.706. The van der Waals surface area contributed by atoms with Crippen LogP contribution in [0.25, 0.3) is 11.5 Å². The lowest BCUT2D eigenvalue weighted by Gasteiger charge is -2.37. The maximum absolute atomic E-state index is 5.27. The molecule has 1 aliphatic carbocycles. The molecule has 2 aromatic rings. The molecule has 1 aromatic carbocycles. The smallest absolute Gasteiger partial charge is 0.257 e. The number of aromatic nitrogens is 2. The second-order valence-corrected chi connectivity index (χ2v) is 9.55. The van der Waals surface area contributed by atoms with E-state index >= 15 is 0 Å². The van der Waals surface area contributed by atoms with Crippen LogP contribution in [0.2, 0.25) is 0 Å². The number of piperidine rings is 2. The van der Waals surface area contributed by atoms with E-state index < -0.39 is 0 Å². The van der Waals surface area contributed by atoms with Crippen LogP contribution in [0.15, 0.2) is 28.8 Å². The van der Waals surface area contributed by atoms with Crippen molar-refractivity contribution < 1.29 is 4.52 Å². The van der Waals surface area contributed by atoms with Crippen LogP contribution in [0.1, 0.15) is 50.8 Å². The Balaban J connectivity index is 1.07. The third kappa shape index (κ3) is 4.82. The number of rotatable bonds is 6. The van der Waals surface area contributed by atoms with Crippen LogP contribution in [0.3, 0.4) is 0 Å². The molecule has 2 aliphatic heterocycles. The summed E-state index contributed by atoms with van der Waals surface area (Å²) in [6.07, 6.45) is 9.98. The summed E-state index contributed by atoms with van der Waals surface area (Å²) in [4.78, 5) is 9.59. The molecule has 3 fully saturated rings. The average molecular weight is 395 g/mol. The summed E-state index contributed by atoms with van der Waals surface area (Å²) in [6, 6.07) is 8.60. The summed E-state index contributed by atoms with van der Waals surface area (Å²) in [5, 5.41) is 3.88. The number of aryl methyl sites for hydroxylation is 1. The number of likely N-dealkylation sites (tertiary alicyclic amines) is 1. The Kier molecular flexibility index (Phi) is 5.58. The summed E-state index contributed by atoms with van der Waals surface area (Å²) < 4.78 is 5.27. The van der Waals surface area contributed by atoms with Gasteiger partial charge >= 0.3 is 0 Å². The number of hydrogen-bond acceptors (Lipinski definition) is 5. The van der Waals surface area contributed by atoms with Gasteiger partial charge in [-0.15, -0.1) is 0 Å². The van der Waals surface area contributed by atoms with Gasteiger partial charge in [-0.1, -0.05) is 5.16 Å². The van der Waals surface area contributed by atoms with Crippen molar-refractivity contribution in [1.29, 1.82) is 0 Å². The number of benzene rings is 1. The van der Waals surface area contributed by atoms with Crippen LogP contribution in [0.4, 0.5) is 5.69 Å². The van der Waals surface area contributed by atoms with Gasteiger partial charge in [0.25, 0.3) is 5.89 Å². The monoisotopic (exact) mass is 394 g/mol. The Labute approximate surface area is 174 Å². The maximum atomic E-state index is 5.27. The van der Waals surface area contributed by atoms with Crippen molar-refractivity contribution in [3.63, 3.8) is 0 Å². The fourth-order valence-corrected chi connectivity index (χ4v) is 5.20. The molecule has 1 aromatic heterocycles. The molecule has 0 bridgehead atoms. The highest BCUT2D eigenvalue weighted by Crippen LogP contribution is 2.34. The third-order valence-electron chi connectivity index (χ3n) is 7.21. The predicted octanol–water partition coefficient (Wildman–Crippen LogP) is 4.77. The molecule has 0 unspecified atom stereocenters. The second-order valence-electron chi connectivity index (χ2n) is 9.55. The van der Waals surface area contributed by atoms with Gasteiger partial charge in [0.2, 0.25) is 0 Å². The van der Waals surface area contributed by atoms with E-state index in [-0.39, 0.29) is 0 Å². The predicted molar refractivity (Wildman–Crippen MR) is 116 cm³/mol. The molecule has 0 spiro atoms.